The van der Waals surface area contributed by atoms with Crippen LogP contribution in [0.5, 0.6) is 0 Å². The second-order valence-corrected chi connectivity index (χ2v) is 4.10. The molecule has 0 saturated carbocycles. The number of aromatic nitrogens is 4. The van der Waals surface area contributed by atoms with E-state index in [9.17, 15) is 4.79 Å². The van der Waals surface area contributed by atoms with E-state index in [1.165, 1.54) is 0 Å². The maximum atomic E-state index is 11.6. The third-order valence-electron chi connectivity index (χ3n) is 2.66. The van der Waals surface area contributed by atoms with Crippen LogP contribution >= 0.6 is 0 Å². The highest BCUT2D eigenvalue weighted by molar-refractivity contribution is 5.92. The minimum atomic E-state index is -0.207. The molecular weight excluding hydrogens is 242 g/mol. The molecule has 2 heterocycles. The predicted molar refractivity (Wildman–Crippen MR) is 71.2 cm³/mol. The lowest BCUT2D eigenvalue weighted by molar-refractivity contribution is 0.0950. The first-order chi connectivity index (χ1) is 9.26. The van der Waals surface area contributed by atoms with Crippen molar-refractivity contribution in [2.24, 2.45) is 0 Å². The van der Waals surface area contributed by atoms with Gasteiger partial charge in [0.2, 0.25) is 0 Å². The number of nitrogens with zero attached hydrogens (tertiary/aromatic N) is 4. The van der Waals surface area contributed by atoms with Crippen LogP contribution in [0.25, 0.3) is 5.82 Å². The normalized spacial score (nSPS) is 10.4. The third-order valence-corrected chi connectivity index (χ3v) is 2.66. The van der Waals surface area contributed by atoms with Gasteiger partial charge in [-0.25, -0.2) is 4.98 Å². The van der Waals surface area contributed by atoms with E-state index < -0.39 is 0 Å². The molecule has 0 bridgehead atoms. The van der Waals surface area contributed by atoms with Gasteiger partial charge in [0, 0.05) is 25.4 Å². The van der Waals surface area contributed by atoms with Crippen LogP contribution in [-0.2, 0) is 6.42 Å². The van der Waals surface area contributed by atoms with Gasteiger partial charge in [-0.2, -0.15) is 0 Å². The van der Waals surface area contributed by atoms with Crippen molar-refractivity contribution >= 4 is 5.91 Å². The van der Waals surface area contributed by atoms with E-state index in [0.717, 1.165) is 18.7 Å². The molecule has 2 rings (SSSR count). The molecule has 0 aliphatic rings. The van der Waals surface area contributed by atoms with Gasteiger partial charge < -0.3 is 5.32 Å². The first-order valence-electron chi connectivity index (χ1n) is 6.40. The Morgan fingerprint density at radius 2 is 2.16 bits per heavy atom. The number of carbonyl (C=O) groups is 1. The summed E-state index contributed by atoms with van der Waals surface area (Å²) in [6.07, 6.45) is 5.49. The smallest absolute Gasteiger partial charge is 0.271 e. The van der Waals surface area contributed by atoms with Crippen molar-refractivity contribution in [2.45, 2.75) is 26.7 Å². The van der Waals surface area contributed by atoms with E-state index in [-0.39, 0.29) is 5.91 Å². The zero-order valence-corrected chi connectivity index (χ0v) is 11.1. The summed E-state index contributed by atoms with van der Waals surface area (Å²) in [6.45, 7) is 4.54. The molecule has 6 nitrogen and oxygen atoms in total. The van der Waals surface area contributed by atoms with E-state index in [1.54, 1.807) is 18.3 Å². The van der Waals surface area contributed by atoms with Gasteiger partial charge in [0.05, 0.1) is 0 Å². The highest BCUT2D eigenvalue weighted by Gasteiger charge is 2.09. The quantitative estimate of drug-likeness (QED) is 0.880. The Balaban J connectivity index is 2.22. The summed E-state index contributed by atoms with van der Waals surface area (Å²) < 4.78 is 1.89. The standard InChI is InChI=1S/C13H17N5O/c1-3-5-11-15-8-9-18(11)12-7-6-10(16-17-12)13(19)14-4-2/h6-9H,3-5H2,1-2H3,(H,14,19). The second-order valence-electron chi connectivity index (χ2n) is 4.10. The average Bonchev–Trinajstić information content (AvgIpc) is 2.88. The number of amides is 1. The second kappa shape index (κ2) is 6.08. The van der Waals surface area contributed by atoms with Crippen LogP contribution in [0.3, 0.4) is 0 Å². The molecule has 1 N–H and O–H groups in total. The van der Waals surface area contributed by atoms with E-state index in [0.29, 0.717) is 18.1 Å². The van der Waals surface area contributed by atoms with Crippen molar-refractivity contribution in [3.63, 3.8) is 0 Å². The lowest BCUT2D eigenvalue weighted by Gasteiger charge is -2.06. The summed E-state index contributed by atoms with van der Waals surface area (Å²) in [5.41, 5.74) is 0.322. The SMILES string of the molecule is CCCc1nccn1-c1ccc(C(=O)NCC)nn1. The fraction of sp³-hybridized carbons (Fsp3) is 0.385. The van der Waals surface area contributed by atoms with Crippen molar-refractivity contribution in [2.75, 3.05) is 6.54 Å². The van der Waals surface area contributed by atoms with E-state index in [4.69, 9.17) is 0 Å². The third kappa shape index (κ3) is 2.96. The number of nitrogens with one attached hydrogen (secondary N) is 1. The summed E-state index contributed by atoms with van der Waals surface area (Å²) in [6, 6.07) is 3.45. The van der Waals surface area contributed by atoms with Gasteiger partial charge in [0.25, 0.3) is 5.91 Å². The minimum Gasteiger partial charge on any atom is -0.351 e. The lowest BCUT2D eigenvalue weighted by atomic mass is 10.3. The molecule has 0 spiro atoms. The molecule has 0 saturated heterocycles. The van der Waals surface area contributed by atoms with Gasteiger partial charge in [0.15, 0.2) is 11.5 Å². The van der Waals surface area contributed by atoms with Gasteiger partial charge in [-0.05, 0) is 25.5 Å². The minimum absolute atomic E-state index is 0.207. The van der Waals surface area contributed by atoms with Gasteiger partial charge in [-0.15, -0.1) is 10.2 Å². The van der Waals surface area contributed by atoms with Crippen LogP contribution in [-0.4, -0.2) is 32.2 Å². The molecule has 19 heavy (non-hydrogen) atoms. The van der Waals surface area contributed by atoms with Crippen LogP contribution in [0.2, 0.25) is 0 Å². The number of hydrogen-bond acceptors (Lipinski definition) is 4. The molecule has 0 fully saturated rings. The molecule has 0 atom stereocenters. The van der Waals surface area contributed by atoms with Crippen molar-refractivity contribution in [3.05, 3.63) is 36.0 Å². The Morgan fingerprint density at radius 1 is 1.32 bits per heavy atom. The van der Waals surface area contributed by atoms with Gasteiger partial charge >= 0.3 is 0 Å². The van der Waals surface area contributed by atoms with Gasteiger partial charge in [-0.3, -0.25) is 9.36 Å². The molecule has 0 aliphatic heterocycles. The monoisotopic (exact) mass is 259 g/mol. The molecule has 100 valence electrons. The Labute approximate surface area is 111 Å². The Bertz CT molecular complexity index is 546. The molecule has 6 heteroatoms. The number of rotatable bonds is 5. The van der Waals surface area contributed by atoms with Crippen LogP contribution in [0, 0.1) is 0 Å². The average molecular weight is 259 g/mol. The molecule has 0 aromatic carbocycles. The van der Waals surface area contributed by atoms with Gasteiger partial charge in [0.1, 0.15) is 5.82 Å². The highest BCUT2D eigenvalue weighted by atomic mass is 16.1. The zero-order chi connectivity index (χ0) is 13.7. The Kier molecular flexibility index (Phi) is 4.22. The van der Waals surface area contributed by atoms with Crippen LogP contribution in [0.1, 0.15) is 36.6 Å². The van der Waals surface area contributed by atoms with E-state index >= 15 is 0 Å². The summed E-state index contributed by atoms with van der Waals surface area (Å²) in [5.74, 6) is 1.41. The molecule has 0 unspecified atom stereocenters. The summed E-state index contributed by atoms with van der Waals surface area (Å²) in [5, 5.41) is 10.7. The zero-order valence-electron chi connectivity index (χ0n) is 11.1. The van der Waals surface area contributed by atoms with Crippen molar-refractivity contribution < 1.29 is 4.79 Å². The van der Waals surface area contributed by atoms with E-state index in [2.05, 4.69) is 27.4 Å². The first-order valence-corrected chi connectivity index (χ1v) is 6.40. The van der Waals surface area contributed by atoms with Crippen LogP contribution in [0.4, 0.5) is 0 Å². The topological polar surface area (TPSA) is 72.7 Å². The number of hydrogen-bond donors (Lipinski definition) is 1. The fourth-order valence-corrected chi connectivity index (χ4v) is 1.78. The van der Waals surface area contributed by atoms with Crippen molar-refractivity contribution in [3.8, 4) is 5.82 Å². The summed E-state index contributed by atoms with van der Waals surface area (Å²) in [7, 11) is 0. The molecule has 1 amide bonds. The van der Waals surface area contributed by atoms with E-state index in [1.807, 2.05) is 17.7 Å². The van der Waals surface area contributed by atoms with Crippen LogP contribution in [0.15, 0.2) is 24.5 Å². The number of imidazole rings is 1. The Morgan fingerprint density at radius 3 is 2.79 bits per heavy atom. The van der Waals surface area contributed by atoms with Gasteiger partial charge in [-0.1, -0.05) is 6.92 Å². The predicted octanol–water partition coefficient (Wildman–Crippen LogP) is 1.36. The lowest BCUT2D eigenvalue weighted by Crippen LogP contribution is -2.24. The molecule has 2 aromatic heterocycles. The maximum absolute atomic E-state index is 11.6. The highest BCUT2D eigenvalue weighted by Crippen LogP contribution is 2.09. The van der Waals surface area contributed by atoms with Crippen molar-refractivity contribution in [1.29, 1.82) is 0 Å². The number of aryl methyl sites for hydroxylation is 1. The first kappa shape index (κ1) is 13.2. The molecule has 0 radical (unpaired) electrons. The Hall–Kier alpha value is -2.24. The fourth-order valence-electron chi connectivity index (χ4n) is 1.78. The van der Waals surface area contributed by atoms with Crippen molar-refractivity contribution in [1.82, 2.24) is 25.1 Å². The number of carbonyl (C=O) groups excluding carboxylic acids is 1. The molecular formula is C13H17N5O. The molecule has 0 aliphatic carbocycles. The van der Waals surface area contributed by atoms with Crippen LogP contribution < -0.4 is 5.32 Å². The molecule has 2 aromatic rings. The largest absolute Gasteiger partial charge is 0.351 e. The summed E-state index contributed by atoms with van der Waals surface area (Å²) in [4.78, 5) is 15.9. The maximum Gasteiger partial charge on any atom is 0.271 e. The summed E-state index contributed by atoms with van der Waals surface area (Å²) >= 11 is 0.